The molecule has 2 aromatic rings. The van der Waals surface area contributed by atoms with Crippen LogP contribution in [0.15, 0.2) is 47.5 Å². The molecule has 0 saturated carbocycles. The van der Waals surface area contributed by atoms with E-state index in [1.54, 1.807) is 30.0 Å². The molecule has 1 unspecified atom stereocenters. The number of nitrogens with zero attached hydrogens (tertiary/aromatic N) is 2. The first kappa shape index (κ1) is 23.2. The molecule has 0 spiro atoms. The molecule has 3 rings (SSSR count). The van der Waals surface area contributed by atoms with Crippen LogP contribution < -0.4 is 16.0 Å². The maximum Gasteiger partial charge on any atom is 0.254 e. The van der Waals surface area contributed by atoms with Crippen molar-refractivity contribution >= 4 is 17.8 Å². The zero-order valence-electron chi connectivity index (χ0n) is 18.7. The highest BCUT2D eigenvalue weighted by Gasteiger charge is 2.22. The smallest absolute Gasteiger partial charge is 0.254 e. The maximum atomic E-state index is 13.9. The van der Waals surface area contributed by atoms with Crippen LogP contribution in [-0.2, 0) is 11.3 Å². The molecule has 7 nitrogen and oxygen atoms in total. The van der Waals surface area contributed by atoms with Crippen molar-refractivity contribution < 1.29 is 14.0 Å². The molecular formula is C24H30FN5O2. The Hall–Kier alpha value is -3.42. The lowest BCUT2D eigenvalue weighted by molar-refractivity contribution is -0.123. The SMILES string of the molecule is CCNC(=NCc1ccc(C(=O)N2CCNC(=O)C2)cc1)NC(C)c1ccc(C)c(F)c1. The van der Waals surface area contributed by atoms with Gasteiger partial charge < -0.3 is 20.9 Å². The Morgan fingerprint density at radius 1 is 1.25 bits per heavy atom. The van der Waals surface area contributed by atoms with Gasteiger partial charge >= 0.3 is 0 Å². The summed E-state index contributed by atoms with van der Waals surface area (Å²) in [6.45, 7) is 7.87. The third kappa shape index (κ3) is 6.06. The Bertz CT molecular complexity index is 990. The van der Waals surface area contributed by atoms with E-state index in [4.69, 9.17) is 0 Å². The fourth-order valence-electron chi connectivity index (χ4n) is 3.40. The molecule has 2 aromatic carbocycles. The Morgan fingerprint density at radius 3 is 2.66 bits per heavy atom. The summed E-state index contributed by atoms with van der Waals surface area (Å²) in [7, 11) is 0. The van der Waals surface area contributed by atoms with Gasteiger partial charge in [0.1, 0.15) is 5.82 Å². The van der Waals surface area contributed by atoms with Crippen LogP contribution in [0.25, 0.3) is 0 Å². The summed E-state index contributed by atoms with van der Waals surface area (Å²) in [6, 6.07) is 12.3. The van der Waals surface area contributed by atoms with Gasteiger partial charge in [0.15, 0.2) is 5.96 Å². The number of aryl methyl sites for hydroxylation is 1. The quantitative estimate of drug-likeness (QED) is 0.477. The van der Waals surface area contributed by atoms with E-state index in [0.29, 0.717) is 43.3 Å². The van der Waals surface area contributed by atoms with Gasteiger partial charge in [-0.05, 0) is 55.7 Å². The summed E-state index contributed by atoms with van der Waals surface area (Å²) < 4.78 is 13.9. The number of benzene rings is 2. The molecule has 1 heterocycles. The Morgan fingerprint density at radius 2 is 2.00 bits per heavy atom. The number of carbonyl (C=O) groups excluding carboxylic acids is 2. The standard InChI is InChI=1S/C24H30FN5O2/c1-4-26-24(29-17(3)20-8-5-16(2)21(25)13-20)28-14-18-6-9-19(10-7-18)23(32)30-12-11-27-22(31)15-30/h5-10,13,17H,4,11-12,14-15H2,1-3H3,(H,27,31)(H2,26,28,29). The van der Waals surface area contributed by atoms with Crippen LogP contribution in [0.3, 0.4) is 0 Å². The monoisotopic (exact) mass is 439 g/mol. The molecule has 170 valence electrons. The van der Waals surface area contributed by atoms with Gasteiger partial charge in [-0.3, -0.25) is 9.59 Å². The van der Waals surface area contributed by atoms with Gasteiger partial charge in [0.05, 0.1) is 19.1 Å². The van der Waals surface area contributed by atoms with Crippen LogP contribution in [0.2, 0.25) is 0 Å². The van der Waals surface area contributed by atoms with E-state index in [1.807, 2.05) is 32.0 Å². The molecule has 1 saturated heterocycles. The molecule has 32 heavy (non-hydrogen) atoms. The van der Waals surface area contributed by atoms with E-state index in [0.717, 1.165) is 11.1 Å². The average Bonchev–Trinajstić information content (AvgIpc) is 2.79. The van der Waals surface area contributed by atoms with Crippen molar-refractivity contribution in [2.45, 2.75) is 33.4 Å². The summed E-state index contributed by atoms with van der Waals surface area (Å²) in [6.07, 6.45) is 0. The number of aliphatic imine (C=N–C) groups is 1. The molecule has 0 bridgehead atoms. The summed E-state index contributed by atoms with van der Waals surface area (Å²) in [4.78, 5) is 30.3. The number of guanidine groups is 1. The van der Waals surface area contributed by atoms with E-state index in [9.17, 15) is 14.0 Å². The van der Waals surface area contributed by atoms with E-state index in [-0.39, 0.29) is 30.2 Å². The number of carbonyl (C=O) groups is 2. The number of hydrogen-bond acceptors (Lipinski definition) is 3. The maximum absolute atomic E-state index is 13.9. The van der Waals surface area contributed by atoms with Crippen molar-refractivity contribution in [1.82, 2.24) is 20.9 Å². The lowest BCUT2D eigenvalue weighted by atomic mass is 10.1. The highest BCUT2D eigenvalue weighted by molar-refractivity contribution is 5.97. The van der Waals surface area contributed by atoms with Crippen LogP contribution in [0, 0.1) is 12.7 Å². The molecule has 8 heteroatoms. The van der Waals surface area contributed by atoms with Crippen LogP contribution in [-0.4, -0.2) is 48.9 Å². The zero-order valence-corrected chi connectivity index (χ0v) is 18.7. The van der Waals surface area contributed by atoms with Crippen LogP contribution >= 0.6 is 0 Å². The predicted molar refractivity (Wildman–Crippen MR) is 123 cm³/mol. The number of halogens is 1. The van der Waals surface area contributed by atoms with E-state index < -0.39 is 0 Å². The van der Waals surface area contributed by atoms with Crippen molar-refractivity contribution in [2.75, 3.05) is 26.2 Å². The van der Waals surface area contributed by atoms with Crippen LogP contribution in [0.4, 0.5) is 4.39 Å². The van der Waals surface area contributed by atoms with Crippen LogP contribution in [0.5, 0.6) is 0 Å². The van der Waals surface area contributed by atoms with Crippen molar-refractivity contribution in [3.8, 4) is 0 Å². The number of amides is 2. The van der Waals surface area contributed by atoms with Gasteiger partial charge in [-0.25, -0.2) is 9.38 Å². The first-order valence-corrected chi connectivity index (χ1v) is 10.8. The average molecular weight is 440 g/mol. The fourth-order valence-corrected chi connectivity index (χ4v) is 3.40. The minimum absolute atomic E-state index is 0.0889. The van der Waals surface area contributed by atoms with E-state index in [2.05, 4.69) is 20.9 Å². The second kappa shape index (κ2) is 10.7. The van der Waals surface area contributed by atoms with Crippen molar-refractivity contribution in [3.05, 3.63) is 70.5 Å². The third-order valence-electron chi connectivity index (χ3n) is 5.34. The molecule has 1 fully saturated rings. The molecule has 1 aliphatic rings. The van der Waals surface area contributed by atoms with Gasteiger partial charge in [0.25, 0.3) is 5.91 Å². The summed E-state index contributed by atoms with van der Waals surface area (Å²) in [5.74, 6) is 0.115. The van der Waals surface area contributed by atoms with E-state index in [1.165, 1.54) is 6.07 Å². The Balaban J connectivity index is 1.63. The first-order valence-electron chi connectivity index (χ1n) is 10.8. The summed E-state index contributed by atoms with van der Waals surface area (Å²) >= 11 is 0. The lowest BCUT2D eigenvalue weighted by Crippen LogP contribution is -2.49. The highest BCUT2D eigenvalue weighted by atomic mass is 19.1. The van der Waals surface area contributed by atoms with E-state index >= 15 is 0 Å². The van der Waals surface area contributed by atoms with Gasteiger partial charge in [0, 0.05) is 25.2 Å². The molecule has 0 aliphatic carbocycles. The Kier molecular flexibility index (Phi) is 7.81. The predicted octanol–water partition coefficient (Wildman–Crippen LogP) is 2.52. The summed E-state index contributed by atoms with van der Waals surface area (Å²) in [5.41, 5.74) is 2.96. The topological polar surface area (TPSA) is 85.8 Å². The minimum Gasteiger partial charge on any atom is -0.357 e. The molecule has 1 aliphatic heterocycles. The largest absolute Gasteiger partial charge is 0.357 e. The van der Waals surface area contributed by atoms with Gasteiger partial charge in [-0.1, -0.05) is 24.3 Å². The van der Waals surface area contributed by atoms with Crippen molar-refractivity contribution in [3.63, 3.8) is 0 Å². The first-order chi connectivity index (χ1) is 15.4. The molecule has 0 aromatic heterocycles. The highest BCUT2D eigenvalue weighted by Crippen LogP contribution is 2.16. The number of piperazine rings is 1. The molecule has 0 radical (unpaired) electrons. The van der Waals surface area contributed by atoms with Crippen LogP contribution in [0.1, 0.15) is 46.9 Å². The fraction of sp³-hybridized carbons (Fsp3) is 0.375. The van der Waals surface area contributed by atoms with Gasteiger partial charge in [0.2, 0.25) is 5.91 Å². The molecule has 2 amide bonds. The van der Waals surface area contributed by atoms with Gasteiger partial charge in [-0.15, -0.1) is 0 Å². The van der Waals surface area contributed by atoms with Crippen molar-refractivity contribution in [1.29, 1.82) is 0 Å². The minimum atomic E-state index is -0.224. The molecular weight excluding hydrogens is 409 g/mol. The second-order valence-corrected chi connectivity index (χ2v) is 7.84. The van der Waals surface area contributed by atoms with Gasteiger partial charge in [-0.2, -0.15) is 0 Å². The number of rotatable bonds is 6. The second-order valence-electron chi connectivity index (χ2n) is 7.84. The molecule has 1 atom stereocenters. The lowest BCUT2D eigenvalue weighted by Gasteiger charge is -2.26. The molecule has 3 N–H and O–H groups in total. The number of nitrogens with one attached hydrogen (secondary N) is 3. The summed E-state index contributed by atoms with van der Waals surface area (Å²) in [5, 5.41) is 9.22. The number of hydrogen-bond donors (Lipinski definition) is 3. The van der Waals surface area contributed by atoms with Crippen molar-refractivity contribution in [2.24, 2.45) is 4.99 Å². The normalized spacial score (nSPS) is 15.2. The zero-order chi connectivity index (χ0) is 23.1. The Labute approximate surface area is 188 Å². The third-order valence-corrected chi connectivity index (χ3v) is 5.34.